The lowest BCUT2D eigenvalue weighted by molar-refractivity contribution is -0.137. The number of aromatic nitrogens is 2. The minimum Gasteiger partial charge on any atom is -0.345 e. The zero-order valence-electron chi connectivity index (χ0n) is 18.8. The van der Waals surface area contributed by atoms with Gasteiger partial charge in [0, 0.05) is 24.0 Å². The van der Waals surface area contributed by atoms with Gasteiger partial charge in [0.05, 0.1) is 28.4 Å². The Morgan fingerprint density at radius 1 is 0.973 bits per heavy atom. The zero-order valence-corrected chi connectivity index (χ0v) is 19.7. The van der Waals surface area contributed by atoms with Crippen LogP contribution in [0.15, 0.2) is 71.9 Å². The van der Waals surface area contributed by atoms with E-state index in [0.717, 1.165) is 18.2 Å². The van der Waals surface area contributed by atoms with Gasteiger partial charge in [0.2, 0.25) is 0 Å². The first-order valence-electron chi connectivity index (χ1n) is 10.6. The van der Waals surface area contributed by atoms with Gasteiger partial charge in [-0.25, -0.2) is 17.2 Å². The third-order valence-electron chi connectivity index (χ3n) is 5.36. The Morgan fingerprint density at radius 2 is 1.70 bits per heavy atom. The van der Waals surface area contributed by atoms with Crippen molar-refractivity contribution in [1.29, 1.82) is 0 Å². The van der Waals surface area contributed by atoms with Crippen LogP contribution in [0.2, 0.25) is 0 Å². The lowest BCUT2D eigenvalue weighted by Crippen LogP contribution is -2.29. The molecule has 37 heavy (non-hydrogen) atoms. The first-order valence-corrected chi connectivity index (χ1v) is 12.0. The predicted octanol–water partition coefficient (Wildman–Crippen LogP) is 5.22. The van der Waals surface area contributed by atoms with E-state index >= 15 is 0 Å². The highest BCUT2D eigenvalue weighted by Crippen LogP contribution is 2.34. The molecule has 7 nitrogen and oxygen atoms in total. The van der Waals surface area contributed by atoms with Crippen LogP contribution in [-0.4, -0.2) is 24.3 Å². The van der Waals surface area contributed by atoms with Crippen LogP contribution in [0.25, 0.3) is 11.0 Å². The molecule has 3 aromatic carbocycles. The third kappa shape index (κ3) is 5.50. The molecule has 1 amide bonds. The van der Waals surface area contributed by atoms with Gasteiger partial charge in [-0.15, -0.1) is 0 Å². The molecule has 2 N–H and O–H groups in total. The van der Waals surface area contributed by atoms with Gasteiger partial charge >= 0.3 is 6.18 Å². The van der Waals surface area contributed by atoms with Gasteiger partial charge in [-0.3, -0.25) is 19.5 Å². The van der Waals surface area contributed by atoms with Crippen molar-refractivity contribution in [2.45, 2.75) is 24.0 Å². The number of hydrogen-bond acceptors (Lipinski definition) is 5. The molecule has 0 aliphatic heterocycles. The maximum absolute atomic E-state index is 14.1. The number of sulfonamides is 1. The number of anilines is 1. The molecule has 0 radical (unpaired) electrons. The summed E-state index contributed by atoms with van der Waals surface area (Å²) in [5.41, 5.74) is -2.23. The SMILES string of the molecule is CC(NC(=O)c1ccc(C(F)(F)F)cc1NS(=O)(=O)c1cccc2nccnc12)c1ccc(F)cc1F. The number of carbonyl (C=O) groups is 1. The average Bonchev–Trinajstić information content (AvgIpc) is 2.82. The molecule has 192 valence electrons. The average molecular weight is 536 g/mol. The molecule has 0 saturated carbocycles. The molecule has 4 rings (SSSR count). The Morgan fingerprint density at radius 3 is 2.41 bits per heavy atom. The number of nitrogens with one attached hydrogen (secondary N) is 2. The highest BCUT2D eigenvalue weighted by molar-refractivity contribution is 7.93. The van der Waals surface area contributed by atoms with Crippen molar-refractivity contribution in [2.24, 2.45) is 0 Å². The van der Waals surface area contributed by atoms with Crippen LogP contribution in [0.4, 0.5) is 27.6 Å². The second-order valence-electron chi connectivity index (χ2n) is 7.90. The monoisotopic (exact) mass is 536 g/mol. The van der Waals surface area contributed by atoms with Gasteiger partial charge in [-0.2, -0.15) is 13.2 Å². The highest BCUT2D eigenvalue weighted by Gasteiger charge is 2.33. The maximum Gasteiger partial charge on any atom is 0.416 e. The van der Waals surface area contributed by atoms with Gasteiger partial charge < -0.3 is 5.32 Å². The third-order valence-corrected chi connectivity index (χ3v) is 6.76. The smallest absolute Gasteiger partial charge is 0.345 e. The molecule has 0 fully saturated rings. The fourth-order valence-electron chi connectivity index (χ4n) is 3.59. The summed E-state index contributed by atoms with van der Waals surface area (Å²) in [6.07, 6.45) is -2.25. The van der Waals surface area contributed by atoms with Crippen molar-refractivity contribution in [3.05, 3.63) is 95.3 Å². The lowest BCUT2D eigenvalue weighted by Gasteiger charge is -2.19. The lowest BCUT2D eigenvalue weighted by atomic mass is 10.1. The quantitative estimate of drug-likeness (QED) is 0.329. The number of halogens is 5. The van der Waals surface area contributed by atoms with Crippen LogP contribution in [0.5, 0.6) is 0 Å². The summed E-state index contributed by atoms with van der Waals surface area (Å²) in [4.78, 5) is 20.6. The molecule has 4 aromatic rings. The molecular formula is C24H17F5N4O3S. The molecule has 1 aromatic heterocycles. The van der Waals surface area contributed by atoms with Crippen LogP contribution in [0.1, 0.15) is 34.5 Å². The summed E-state index contributed by atoms with van der Waals surface area (Å²) < 4.78 is 96.0. The molecule has 1 atom stereocenters. The summed E-state index contributed by atoms with van der Waals surface area (Å²) >= 11 is 0. The number of hydrogen-bond donors (Lipinski definition) is 2. The summed E-state index contributed by atoms with van der Waals surface area (Å²) in [7, 11) is -4.55. The van der Waals surface area contributed by atoms with Crippen molar-refractivity contribution < 1.29 is 35.2 Å². The number of benzene rings is 3. The Hall–Kier alpha value is -4.13. The molecule has 1 heterocycles. The molecule has 0 saturated heterocycles. The van der Waals surface area contributed by atoms with Gasteiger partial charge in [0.15, 0.2) is 0 Å². The Labute approximate surface area is 207 Å². The molecule has 0 spiro atoms. The van der Waals surface area contributed by atoms with E-state index in [1.807, 2.05) is 4.72 Å². The number of alkyl halides is 3. The maximum atomic E-state index is 14.1. The second-order valence-corrected chi connectivity index (χ2v) is 9.56. The molecular weight excluding hydrogens is 519 g/mol. The first-order chi connectivity index (χ1) is 17.4. The Bertz CT molecular complexity index is 1600. The number of rotatable bonds is 6. The van der Waals surface area contributed by atoms with Crippen molar-refractivity contribution in [3.8, 4) is 0 Å². The van der Waals surface area contributed by atoms with Crippen LogP contribution in [0, 0.1) is 11.6 Å². The number of amides is 1. The van der Waals surface area contributed by atoms with E-state index in [-0.39, 0.29) is 21.5 Å². The summed E-state index contributed by atoms with van der Waals surface area (Å²) in [5, 5.41) is 2.39. The van der Waals surface area contributed by atoms with E-state index in [0.29, 0.717) is 18.2 Å². The van der Waals surface area contributed by atoms with Crippen molar-refractivity contribution in [3.63, 3.8) is 0 Å². The molecule has 0 aliphatic rings. The van der Waals surface area contributed by atoms with E-state index in [1.54, 1.807) is 0 Å². The number of carbonyl (C=O) groups excluding carboxylic acids is 1. The first kappa shape index (κ1) is 25.9. The Balaban J connectivity index is 1.73. The van der Waals surface area contributed by atoms with Crippen LogP contribution in [-0.2, 0) is 16.2 Å². The minimum atomic E-state index is -4.84. The van der Waals surface area contributed by atoms with Gasteiger partial charge in [0.25, 0.3) is 15.9 Å². The second kappa shape index (κ2) is 9.73. The van der Waals surface area contributed by atoms with Crippen LogP contribution >= 0.6 is 0 Å². The molecule has 0 bridgehead atoms. The van der Waals surface area contributed by atoms with Gasteiger partial charge in [-0.05, 0) is 43.3 Å². The molecule has 13 heteroatoms. The Kier molecular flexibility index (Phi) is 6.82. The normalized spacial score (nSPS) is 12.8. The van der Waals surface area contributed by atoms with E-state index in [9.17, 15) is 35.2 Å². The van der Waals surface area contributed by atoms with E-state index < -0.39 is 56.6 Å². The van der Waals surface area contributed by atoms with Crippen molar-refractivity contribution in [1.82, 2.24) is 15.3 Å². The fraction of sp³-hybridized carbons (Fsp3) is 0.125. The van der Waals surface area contributed by atoms with Crippen molar-refractivity contribution in [2.75, 3.05) is 4.72 Å². The topological polar surface area (TPSA) is 101 Å². The van der Waals surface area contributed by atoms with Crippen molar-refractivity contribution >= 4 is 32.7 Å². The number of fused-ring (bicyclic) bond motifs is 1. The predicted molar refractivity (Wildman–Crippen MR) is 124 cm³/mol. The minimum absolute atomic E-state index is 0.0316. The fourth-order valence-corrected chi connectivity index (χ4v) is 4.83. The summed E-state index contributed by atoms with van der Waals surface area (Å²) in [6.45, 7) is 1.37. The number of nitrogens with zero attached hydrogens (tertiary/aromatic N) is 2. The van der Waals surface area contributed by atoms with Gasteiger partial charge in [-0.1, -0.05) is 12.1 Å². The zero-order chi connectivity index (χ0) is 27.0. The van der Waals surface area contributed by atoms with Gasteiger partial charge in [0.1, 0.15) is 22.0 Å². The summed E-state index contributed by atoms with van der Waals surface area (Å²) in [5.74, 6) is -2.78. The largest absolute Gasteiger partial charge is 0.416 e. The molecule has 0 aliphatic carbocycles. The summed E-state index contributed by atoms with van der Waals surface area (Å²) in [6, 6.07) is 7.62. The number of para-hydroxylation sites is 1. The van der Waals surface area contributed by atoms with E-state index in [1.165, 1.54) is 37.5 Å². The van der Waals surface area contributed by atoms with Crippen LogP contribution in [0.3, 0.4) is 0 Å². The van der Waals surface area contributed by atoms with E-state index in [4.69, 9.17) is 0 Å². The molecule has 1 unspecified atom stereocenters. The highest BCUT2D eigenvalue weighted by atomic mass is 32.2. The standard InChI is InChI=1S/C24H17F5N4O3S/c1-13(16-8-6-15(25)12-18(16)26)32-23(34)17-7-5-14(24(27,28)29)11-20(17)33-37(35,36)21-4-2-3-19-22(21)31-10-9-30-19/h2-13,33H,1H3,(H,32,34). The van der Waals surface area contributed by atoms with E-state index in [2.05, 4.69) is 15.3 Å². The van der Waals surface area contributed by atoms with Crippen LogP contribution < -0.4 is 10.0 Å².